The summed E-state index contributed by atoms with van der Waals surface area (Å²) in [5.74, 6) is -3.51. The molecular formula is C31H31ClF4N6O2S. The summed E-state index contributed by atoms with van der Waals surface area (Å²) in [5.41, 5.74) is 6.50. The van der Waals surface area contributed by atoms with Crippen molar-refractivity contribution in [2.24, 2.45) is 5.92 Å². The van der Waals surface area contributed by atoms with Crippen molar-refractivity contribution in [2.75, 3.05) is 50.6 Å². The standard InChI is InChI=1S/C23H18ClF2N5O2S.C8H13F2N/c1-32-23-29-19-12(22(30-23)31-5-2-7-33-8-6-31)9-14(24)17(18(19)26)11-3-4-15(25)20-16(11)13(10-27)21(28)34-20;1-7(2-3-7)11-5-6-4-8(6,9)10/h3-4,9H,2,5-8,28H2,1H3;6,11H,2-5H2,1H3. The van der Waals surface area contributed by atoms with Crippen molar-refractivity contribution in [3.8, 4) is 23.2 Å². The van der Waals surface area contributed by atoms with Gasteiger partial charge in [-0.3, -0.25) is 0 Å². The first-order valence-corrected chi connectivity index (χ1v) is 15.8. The number of halogens is 5. The van der Waals surface area contributed by atoms with Crippen LogP contribution in [-0.4, -0.2) is 61.4 Å². The number of nitrogens with one attached hydrogen (secondary N) is 1. The van der Waals surface area contributed by atoms with Crippen LogP contribution in [0.1, 0.15) is 38.2 Å². The zero-order valence-electron chi connectivity index (χ0n) is 24.7. The molecule has 3 heterocycles. The Morgan fingerprint density at radius 3 is 2.67 bits per heavy atom. The highest BCUT2D eigenvalue weighted by molar-refractivity contribution is 7.23. The Hall–Kier alpha value is -3.44. The van der Waals surface area contributed by atoms with E-state index < -0.39 is 17.6 Å². The monoisotopic (exact) mass is 662 g/mol. The number of thiophene rings is 1. The molecular weight excluding hydrogens is 632 g/mol. The topological polar surface area (TPSA) is 109 Å². The molecule has 7 rings (SSSR count). The van der Waals surface area contributed by atoms with E-state index in [-0.39, 0.29) is 66.2 Å². The Morgan fingerprint density at radius 1 is 1.24 bits per heavy atom. The number of fused-ring (bicyclic) bond motifs is 2. The third-order valence-electron chi connectivity index (χ3n) is 8.48. The van der Waals surface area contributed by atoms with Crippen LogP contribution in [0.2, 0.25) is 5.02 Å². The van der Waals surface area contributed by atoms with Gasteiger partial charge in [0.1, 0.15) is 28.2 Å². The highest BCUT2D eigenvalue weighted by atomic mass is 35.5. The maximum Gasteiger partial charge on any atom is 0.318 e. The van der Waals surface area contributed by atoms with Crippen molar-refractivity contribution in [1.29, 1.82) is 5.26 Å². The first-order valence-electron chi connectivity index (χ1n) is 14.6. The fourth-order valence-electron chi connectivity index (χ4n) is 5.43. The lowest BCUT2D eigenvalue weighted by Gasteiger charge is -2.23. The number of hydrogen-bond donors (Lipinski definition) is 2. The third kappa shape index (κ3) is 6.21. The molecule has 2 aromatic carbocycles. The van der Waals surface area contributed by atoms with E-state index >= 15 is 4.39 Å². The summed E-state index contributed by atoms with van der Waals surface area (Å²) in [6.45, 7) is 4.95. The number of benzene rings is 2. The van der Waals surface area contributed by atoms with Gasteiger partial charge in [0.15, 0.2) is 5.82 Å². The predicted octanol–water partition coefficient (Wildman–Crippen LogP) is 6.92. The zero-order chi connectivity index (χ0) is 32.1. The Bertz CT molecular complexity index is 1820. The Morgan fingerprint density at radius 2 is 2.00 bits per heavy atom. The summed E-state index contributed by atoms with van der Waals surface area (Å²) in [5, 5.41) is 13.7. The normalized spacial score (nSPS) is 19.9. The quantitative estimate of drug-likeness (QED) is 0.214. The Balaban J connectivity index is 0.000000272. The molecule has 2 aromatic heterocycles. The van der Waals surface area contributed by atoms with E-state index in [0.29, 0.717) is 44.1 Å². The molecule has 1 atom stereocenters. The van der Waals surface area contributed by atoms with E-state index in [9.17, 15) is 18.4 Å². The number of rotatable bonds is 6. The van der Waals surface area contributed by atoms with Gasteiger partial charge in [-0.05, 0) is 43.9 Å². The molecule has 1 saturated heterocycles. The second-order valence-corrected chi connectivity index (χ2v) is 13.2. The third-order valence-corrected chi connectivity index (χ3v) is 9.80. The molecule has 8 nitrogen and oxygen atoms in total. The van der Waals surface area contributed by atoms with E-state index in [2.05, 4.69) is 22.2 Å². The van der Waals surface area contributed by atoms with Gasteiger partial charge in [-0.25, -0.2) is 17.6 Å². The maximum atomic E-state index is 16.2. The van der Waals surface area contributed by atoms with Gasteiger partial charge >= 0.3 is 6.01 Å². The Kier molecular flexibility index (Phi) is 8.45. The van der Waals surface area contributed by atoms with E-state index in [1.165, 1.54) is 19.2 Å². The fourth-order valence-corrected chi connectivity index (χ4v) is 6.67. The molecule has 3 aliphatic rings. The lowest BCUT2D eigenvalue weighted by Crippen LogP contribution is -2.30. The number of anilines is 2. The number of alkyl halides is 2. The minimum Gasteiger partial charge on any atom is -0.467 e. The lowest BCUT2D eigenvalue weighted by molar-refractivity contribution is 0.0979. The number of methoxy groups -OCH3 is 1. The molecule has 0 radical (unpaired) electrons. The van der Waals surface area contributed by atoms with Gasteiger partial charge in [0.25, 0.3) is 5.92 Å². The molecule has 3 fully saturated rings. The van der Waals surface area contributed by atoms with Crippen molar-refractivity contribution in [3.63, 3.8) is 0 Å². The molecule has 3 N–H and O–H groups in total. The number of nitrogens with zero attached hydrogens (tertiary/aromatic N) is 4. The lowest BCUT2D eigenvalue weighted by atomic mass is 9.97. The van der Waals surface area contributed by atoms with Crippen molar-refractivity contribution in [2.45, 2.75) is 44.1 Å². The van der Waals surface area contributed by atoms with Crippen LogP contribution in [0.25, 0.3) is 32.1 Å². The van der Waals surface area contributed by atoms with Crippen LogP contribution >= 0.6 is 22.9 Å². The number of nitriles is 1. The number of ether oxygens (including phenoxy) is 2. The van der Waals surface area contributed by atoms with E-state index in [1.807, 2.05) is 11.0 Å². The summed E-state index contributed by atoms with van der Waals surface area (Å²) < 4.78 is 66.3. The SMILES string of the molecule is CC1(NCC2CC2(F)F)CC1.COc1nc(N2CCCOCC2)c2cc(Cl)c(-c3ccc(F)c4sc(N)c(C#N)c34)c(F)c2n1. The molecule has 1 aliphatic heterocycles. The van der Waals surface area contributed by atoms with Crippen molar-refractivity contribution in [3.05, 3.63) is 40.4 Å². The van der Waals surface area contributed by atoms with Crippen LogP contribution in [0, 0.1) is 28.9 Å². The van der Waals surface area contributed by atoms with Crippen LogP contribution in [0.5, 0.6) is 6.01 Å². The van der Waals surface area contributed by atoms with E-state index in [1.54, 1.807) is 6.07 Å². The number of hydrogen-bond acceptors (Lipinski definition) is 9. The number of nitrogen functional groups attached to an aromatic ring is 1. The first kappa shape index (κ1) is 31.5. The smallest absolute Gasteiger partial charge is 0.318 e. The molecule has 4 aromatic rings. The average molecular weight is 663 g/mol. The van der Waals surface area contributed by atoms with Crippen LogP contribution < -0.4 is 20.7 Å². The maximum absolute atomic E-state index is 16.2. The van der Waals surface area contributed by atoms with Crippen molar-refractivity contribution in [1.82, 2.24) is 15.3 Å². The molecule has 1 unspecified atom stereocenters. The molecule has 14 heteroatoms. The summed E-state index contributed by atoms with van der Waals surface area (Å²) in [6.07, 6.45) is 3.17. The van der Waals surface area contributed by atoms with Gasteiger partial charge in [-0.2, -0.15) is 15.2 Å². The van der Waals surface area contributed by atoms with Crippen LogP contribution in [-0.2, 0) is 4.74 Å². The first-order chi connectivity index (χ1) is 21.5. The fraction of sp³-hybridized carbons (Fsp3) is 0.452. The summed E-state index contributed by atoms with van der Waals surface area (Å²) >= 11 is 7.56. The second kappa shape index (κ2) is 12.1. The molecule has 2 saturated carbocycles. The minimum absolute atomic E-state index is 0.000584. The summed E-state index contributed by atoms with van der Waals surface area (Å²) in [4.78, 5) is 10.7. The average Bonchev–Trinajstić information content (AvgIpc) is 3.89. The zero-order valence-corrected chi connectivity index (χ0v) is 26.2. The largest absolute Gasteiger partial charge is 0.467 e. The van der Waals surface area contributed by atoms with Crippen LogP contribution in [0.4, 0.5) is 28.4 Å². The molecule has 2 aliphatic carbocycles. The highest BCUT2D eigenvalue weighted by Gasteiger charge is 2.57. The Labute approximate surface area is 266 Å². The number of nitrogens with two attached hydrogens (primary N) is 1. The van der Waals surface area contributed by atoms with E-state index in [4.69, 9.17) is 26.8 Å². The molecule has 0 bridgehead atoms. The molecule has 238 valence electrons. The van der Waals surface area contributed by atoms with Gasteiger partial charge < -0.3 is 25.4 Å². The van der Waals surface area contributed by atoms with Crippen molar-refractivity contribution < 1.29 is 27.0 Å². The number of aromatic nitrogens is 2. The van der Waals surface area contributed by atoms with Gasteiger partial charge in [0.2, 0.25) is 0 Å². The summed E-state index contributed by atoms with van der Waals surface area (Å²) in [7, 11) is 1.40. The highest BCUT2D eigenvalue weighted by Crippen LogP contribution is 2.49. The molecule has 45 heavy (non-hydrogen) atoms. The summed E-state index contributed by atoms with van der Waals surface area (Å²) in [6, 6.07) is 6.19. The van der Waals surface area contributed by atoms with Gasteiger partial charge in [-0.1, -0.05) is 17.7 Å². The predicted molar refractivity (Wildman–Crippen MR) is 167 cm³/mol. The second-order valence-electron chi connectivity index (χ2n) is 11.8. The van der Waals surface area contributed by atoms with Crippen molar-refractivity contribution >= 4 is 54.7 Å². The van der Waals surface area contributed by atoms with Gasteiger partial charge in [-0.15, -0.1) is 11.3 Å². The van der Waals surface area contributed by atoms with Gasteiger partial charge in [0.05, 0.1) is 29.0 Å². The minimum atomic E-state index is -2.35. The van der Waals surface area contributed by atoms with Crippen LogP contribution in [0.15, 0.2) is 18.2 Å². The van der Waals surface area contributed by atoms with Crippen LogP contribution in [0.3, 0.4) is 0 Å². The van der Waals surface area contributed by atoms with Gasteiger partial charge in [0, 0.05) is 60.5 Å². The molecule has 0 spiro atoms. The van der Waals surface area contributed by atoms with E-state index in [0.717, 1.165) is 30.6 Å². The molecule has 0 amide bonds.